The van der Waals surface area contributed by atoms with Gasteiger partial charge in [-0.2, -0.15) is 8.42 Å². The van der Waals surface area contributed by atoms with E-state index in [0.717, 1.165) is 23.9 Å². The Morgan fingerprint density at radius 1 is 1.15 bits per heavy atom. The van der Waals surface area contributed by atoms with Crippen LogP contribution in [0.1, 0.15) is 25.3 Å². The first-order valence-electron chi connectivity index (χ1n) is 8.59. The van der Waals surface area contributed by atoms with Crippen molar-refractivity contribution in [1.82, 2.24) is 4.57 Å². The van der Waals surface area contributed by atoms with E-state index < -0.39 is 10.0 Å². The normalized spacial score (nSPS) is 12.3. The molecule has 0 bridgehead atoms. The molecule has 3 rings (SSSR count). The predicted octanol–water partition coefficient (Wildman–Crippen LogP) is 5.58. The summed E-state index contributed by atoms with van der Waals surface area (Å²) in [6.45, 7) is 4.50. The molecule has 0 aliphatic rings. The lowest BCUT2D eigenvalue weighted by Gasteiger charge is -2.05. The second-order valence-corrected chi connectivity index (χ2v) is 8.33. The molecule has 27 heavy (non-hydrogen) atoms. The van der Waals surface area contributed by atoms with Crippen LogP contribution in [0.15, 0.2) is 57.0 Å². The number of benzene rings is 2. The number of halogens is 1. The molecule has 1 heterocycles. The van der Waals surface area contributed by atoms with Gasteiger partial charge in [-0.05, 0) is 43.7 Å². The van der Waals surface area contributed by atoms with Gasteiger partial charge in [-0.1, -0.05) is 47.2 Å². The Morgan fingerprint density at radius 2 is 1.85 bits per heavy atom. The summed E-state index contributed by atoms with van der Waals surface area (Å²) in [6, 6.07) is 11.5. The molecule has 0 saturated heterocycles. The van der Waals surface area contributed by atoms with Crippen molar-refractivity contribution in [2.24, 2.45) is 9.63 Å². The minimum atomic E-state index is -3.97. The molecule has 0 radical (unpaired) electrons. The van der Waals surface area contributed by atoms with Crippen molar-refractivity contribution in [1.29, 1.82) is 0 Å². The van der Waals surface area contributed by atoms with Crippen molar-refractivity contribution in [2.45, 2.75) is 38.1 Å². The van der Waals surface area contributed by atoms with Gasteiger partial charge in [-0.25, -0.2) is 0 Å². The Morgan fingerprint density at radius 3 is 2.52 bits per heavy atom. The number of aryl methyl sites for hydroxylation is 2. The van der Waals surface area contributed by atoms with Crippen LogP contribution in [-0.4, -0.2) is 18.1 Å². The standard InChI is InChI=1S/C19H20ClN3O3S/c1-3-4-11-23-17-10-7-14(20)12-16(17)18(19(23)24)21-22-27(25,26)15-8-5-13(2)6-9-15/h5-10,12,24H,3-4,11H2,1-2H3. The average Bonchev–Trinajstić information content (AvgIpc) is 2.89. The molecule has 0 fully saturated rings. The van der Waals surface area contributed by atoms with Crippen LogP contribution in [0.25, 0.3) is 10.9 Å². The van der Waals surface area contributed by atoms with E-state index >= 15 is 0 Å². The number of aromatic hydroxyl groups is 1. The molecule has 0 saturated carbocycles. The molecule has 6 nitrogen and oxygen atoms in total. The smallest absolute Gasteiger partial charge is 0.299 e. The van der Waals surface area contributed by atoms with Crippen LogP contribution in [-0.2, 0) is 16.6 Å². The maximum Gasteiger partial charge on any atom is 0.299 e. The minimum absolute atomic E-state index is 0.0455. The number of rotatable bonds is 6. The Balaban J connectivity index is 2.08. The van der Waals surface area contributed by atoms with Gasteiger partial charge in [-0.3, -0.25) is 0 Å². The zero-order valence-electron chi connectivity index (χ0n) is 15.1. The van der Waals surface area contributed by atoms with E-state index in [1.807, 2.05) is 13.8 Å². The number of fused-ring (bicyclic) bond motifs is 1. The summed E-state index contributed by atoms with van der Waals surface area (Å²) >= 11 is 6.08. The predicted molar refractivity (Wildman–Crippen MR) is 106 cm³/mol. The van der Waals surface area contributed by atoms with Gasteiger partial charge in [0, 0.05) is 17.0 Å². The van der Waals surface area contributed by atoms with Gasteiger partial charge in [0.2, 0.25) is 5.88 Å². The minimum Gasteiger partial charge on any atom is -0.493 e. The van der Waals surface area contributed by atoms with Gasteiger partial charge in [0.1, 0.15) is 0 Å². The highest BCUT2D eigenvalue weighted by atomic mass is 35.5. The maximum absolute atomic E-state index is 12.4. The first-order chi connectivity index (χ1) is 12.8. The second-order valence-electron chi connectivity index (χ2n) is 6.31. The molecule has 0 amide bonds. The number of sulfonamides is 1. The Bertz CT molecular complexity index is 1100. The summed E-state index contributed by atoms with van der Waals surface area (Å²) in [4.78, 5) is 0.0455. The third kappa shape index (κ3) is 3.99. The molecule has 0 spiro atoms. The average molecular weight is 406 g/mol. The summed E-state index contributed by atoms with van der Waals surface area (Å²) in [5, 5.41) is 15.5. The number of unbranched alkanes of at least 4 members (excludes halogenated alkanes) is 1. The van der Waals surface area contributed by atoms with Crippen molar-refractivity contribution < 1.29 is 13.5 Å². The topological polar surface area (TPSA) is 84.0 Å². The van der Waals surface area contributed by atoms with E-state index in [2.05, 4.69) is 9.63 Å². The van der Waals surface area contributed by atoms with Gasteiger partial charge in [0.15, 0.2) is 5.69 Å². The van der Waals surface area contributed by atoms with E-state index in [1.165, 1.54) is 12.1 Å². The van der Waals surface area contributed by atoms with Crippen molar-refractivity contribution in [2.75, 3.05) is 0 Å². The quantitative estimate of drug-likeness (QED) is 0.543. The molecule has 8 heteroatoms. The van der Waals surface area contributed by atoms with Crippen LogP contribution in [0.2, 0.25) is 5.02 Å². The summed E-state index contributed by atoms with van der Waals surface area (Å²) in [5.41, 5.74) is 1.77. The number of aromatic nitrogens is 1. The van der Waals surface area contributed by atoms with Gasteiger partial charge >= 0.3 is 0 Å². The van der Waals surface area contributed by atoms with Gasteiger partial charge in [-0.15, -0.1) is 5.11 Å². The summed E-state index contributed by atoms with van der Waals surface area (Å²) in [7, 11) is -3.97. The van der Waals surface area contributed by atoms with Crippen LogP contribution in [0, 0.1) is 6.92 Å². The molecule has 3 aromatic rings. The van der Waals surface area contributed by atoms with Gasteiger partial charge < -0.3 is 9.67 Å². The van der Waals surface area contributed by atoms with Crippen molar-refractivity contribution in [3.63, 3.8) is 0 Å². The van der Waals surface area contributed by atoms with E-state index in [9.17, 15) is 13.5 Å². The van der Waals surface area contributed by atoms with E-state index in [1.54, 1.807) is 34.9 Å². The Labute approximate surface area is 163 Å². The number of nitrogens with zero attached hydrogens (tertiary/aromatic N) is 3. The monoisotopic (exact) mass is 405 g/mol. The van der Waals surface area contributed by atoms with Crippen LogP contribution in [0.4, 0.5) is 5.69 Å². The lowest BCUT2D eigenvalue weighted by Crippen LogP contribution is -1.96. The highest BCUT2D eigenvalue weighted by molar-refractivity contribution is 7.90. The molecule has 142 valence electrons. The second kappa shape index (κ2) is 7.70. The van der Waals surface area contributed by atoms with Crippen molar-refractivity contribution in [3.8, 4) is 5.88 Å². The fourth-order valence-corrected chi connectivity index (χ4v) is 3.72. The van der Waals surface area contributed by atoms with Gasteiger partial charge in [0.05, 0.1) is 10.4 Å². The van der Waals surface area contributed by atoms with E-state index in [-0.39, 0.29) is 16.5 Å². The number of hydrogen-bond acceptors (Lipinski definition) is 4. The lowest BCUT2D eigenvalue weighted by atomic mass is 10.2. The molecule has 0 atom stereocenters. The van der Waals surface area contributed by atoms with Crippen LogP contribution < -0.4 is 0 Å². The zero-order chi connectivity index (χ0) is 19.6. The fourth-order valence-electron chi connectivity index (χ4n) is 2.79. The Hall–Kier alpha value is -2.38. The summed E-state index contributed by atoms with van der Waals surface area (Å²) < 4.78 is 30.1. The Kier molecular flexibility index (Phi) is 5.53. The summed E-state index contributed by atoms with van der Waals surface area (Å²) in [6.07, 6.45) is 1.81. The third-order valence-corrected chi connectivity index (χ3v) is 5.67. The summed E-state index contributed by atoms with van der Waals surface area (Å²) in [5.74, 6) is -0.122. The molecular weight excluding hydrogens is 386 g/mol. The first kappa shape index (κ1) is 19.4. The van der Waals surface area contributed by atoms with E-state index in [4.69, 9.17) is 11.6 Å². The van der Waals surface area contributed by atoms with Crippen LogP contribution >= 0.6 is 11.6 Å². The molecule has 1 N–H and O–H groups in total. The molecule has 2 aromatic carbocycles. The fraction of sp³-hybridized carbons (Fsp3) is 0.263. The van der Waals surface area contributed by atoms with Crippen LogP contribution in [0.3, 0.4) is 0 Å². The molecule has 0 unspecified atom stereocenters. The molecule has 0 aliphatic heterocycles. The maximum atomic E-state index is 12.4. The highest BCUT2D eigenvalue weighted by Gasteiger charge is 2.19. The van der Waals surface area contributed by atoms with Gasteiger partial charge in [0.25, 0.3) is 10.0 Å². The highest BCUT2D eigenvalue weighted by Crippen LogP contribution is 2.40. The van der Waals surface area contributed by atoms with Crippen molar-refractivity contribution in [3.05, 3.63) is 53.1 Å². The van der Waals surface area contributed by atoms with E-state index in [0.29, 0.717) is 17.0 Å². The largest absolute Gasteiger partial charge is 0.493 e. The molecule has 0 aliphatic carbocycles. The zero-order valence-corrected chi connectivity index (χ0v) is 16.6. The molecule has 1 aromatic heterocycles. The SMILES string of the molecule is CCCCn1c(O)c(N=NS(=O)(=O)c2ccc(C)cc2)c2cc(Cl)ccc21. The third-order valence-electron chi connectivity index (χ3n) is 4.27. The lowest BCUT2D eigenvalue weighted by molar-refractivity contribution is 0.418. The van der Waals surface area contributed by atoms with Crippen LogP contribution in [0.5, 0.6) is 5.88 Å². The van der Waals surface area contributed by atoms with Crippen molar-refractivity contribution >= 4 is 38.2 Å². The number of hydrogen-bond donors (Lipinski definition) is 1. The first-order valence-corrected chi connectivity index (χ1v) is 10.4. The molecular formula is C19H20ClN3O3S.